The number of anilines is 1. The first-order valence-electron chi connectivity index (χ1n) is 6.66. The lowest BCUT2D eigenvalue weighted by molar-refractivity contribution is 0.502. The van der Waals surface area contributed by atoms with Crippen molar-refractivity contribution >= 4 is 17.4 Å². The van der Waals surface area contributed by atoms with Crippen LogP contribution in [0.25, 0.3) is 0 Å². The van der Waals surface area contributed by atoms with Gasteiger partial charge in [-0.25, -0.2) is 4.98 Å². The molecule has 18 heavy (non-hydrogen) atoms. The van der Waals surface area contributed by atoms with E-state index in [1.54, 1.807) is 0 Å². The Hall–Kier alpha value is -0.760. The summed E-state index contributed by atoms with van der Waals surface area (Å²) < 4.78 is 0. The highest BCUT2D eigenvalue weighted by Gasteiger charge is 2.16. The minimum absolute atomic E-state index is 0.426. The standard InChI is InChI=1S/C15H25ClN2/c1-10(2)12(5)18(6)15-8-13(9-16)7-14(17-15)11(3)4/h7-8,10-12H,9H2,1-6H3. The summed E-state index contributed by atoms with van der Waals surface area (Å²) in [6, 6.07) is 4.66. The molecule has 0 amide bonds. The molecule has 0 fully saturated rings. The summed E-state index contributed by atoms with van der Waals surface area (Å²) in [5.41, 5.74) is 2.26. The topological polar surface area (TPSA) is 16.1 Å². The third-order valence-corrected chi connectivity index (χ3v) is 3.88. The molecule has 0 saturated heterocycles. The average molecular weight is 269 g/mol. The van der Waals surface area contributed by atoms with Gasteiger partial charge in [0.1, 0.15) is 5.82 Å². The molecule has 1 atom stereocenters. The fraction of sp³-hybridized carbons (Fsp3) is 0.667. The van der Waals surface area contributed by atoms with Crippen LogP contribution in [0.1, 0.15) is 51.8 Å². The summed E-state index contributed by atoms with van der Waals surface area (Å²) in [5, 5.41) is 0. The minimum Gasteiger partial charge on any atom is -0.357 e. The van der Waals surface area contributed by atoms with Crippen LogP contribution in [0.5, 0.6) is 0 Å². The second-order valence-electron chi connectivity index (χ2n) is 5.64. The monoisotopic (exact) mass is 268 g/mol. The molecule has 0 radical (unpaired) electrons. The Morgan fingerprint density at radius 2 is 1.78 bits per heavy atom. The highest BCUT2D eigenvalue weighted by atomic mass is 35.5. The first-order valence-corrected chi connectivity index (χ1v) is 7.20. The number of halogens is 1. The van der Waals surface area contributed by atoms with Gasteiger partial charge in [0.2, 0.25) is 0 Å². The second kappa shape index (κ2) is 6.42. The van der Waals surface area contributed by atoms with Gasteiger partial charge in [0.25, 0.3) is 0 Å². The number of rotatable bonds is 5. The zero-order chi connectivity index (χ0) is 13.9. The van der Waals surface area contributed by atoms with Gasteiger partial charge in [0.05, 0.1) is 0 Å². The van der Waals surface area contributed by atoms with E-state index >= 15 is 0 Å². The van der Waals surface area contributed by atoms with Crippen LogP contribution in [0, 0.1) is 5.92 Å². The molecule has 102 valence electrons. The van der Waals surface area contributed by atoms with E-state index < -0.39 is 0 Å². The lowest BCUT2D eigenvalue weighted by Crippen LogP contribution is -2.34. The van der Waals surface area contributed by atoms with E-state index in [4.69, 9.17) is 16.6 Å². The average Bonchev–Trinajstić information content (AvgIpc) is 2.35. The van der Waals surface area contributed by atoms with Gasteiger partial charge in [-0.15, -0.1) is 11.6 Å². The van der Waals surface area contributed by atoms with Crippen molar-refractivity contribution in [3.8, 4) is 0 Å². The van der Waals surface area contributed by atoms with E-state index in [1.807, 2.05) is 0 Å². The Morgan fingerprint density at radius 1 is 1.17 bits per heavy atom. The summed E-state index contributed by atoms with van der Waals surface area (Å²) in [5.74, 6) is 2.59. The van der Waals surface area contributed by atoms with Gasteiger partial charge >= 0.3 is 0 Å². The molecule has 0 aromatic carbocycles. The summed E-state index contributed by atoms with van der Waals surface area (Å²) in [6.45, 7) is 11.0. The molecule has 1 unspecified atom stereocenters. The second-order valence-corrected chi connectivity index (χ2v) is 5.91. The van der Waals surface area contributed by atoms with Gasteiger partial charge < -0.3 is 4.90 Å². The van der Waals surface area contributed by atoms with E-state index in [0.29, 0.717) is 23.8 Å². The molecule has 0 saturated carbocycles. The van der Waals surface area contributed by atoms with Gasteiger partial charge in [0.15, 0.2) is 0 Å². The molecule has 0 spiro atoms. The molecule has 1 rings (SSSR count). The Kier molecular flexibility index (Phi) is 5.46. The van der Waals surface area contributed by atoms with Crippen LogP contribution in [0.3, 0.4) is 0 Å². The number of nitrogens with zero attached hydrogens (tertiary/aromatic N) is 2. The Morgan fingerprint density at radius 3 is 2.22 bits per heavy atom. The summed E-state index contributed by atoms with van der Waals surface area (Å²) in [4.78, 5) is 6.99. The van der Waals surface area contributed by atoms with Crippen molar-refractivity contribution < 1.29 is 0 Å². The lowest BCUT2D eigenvalue weighted by atomic mass is 10.0. The zero-order valence-corrected chi connectivity index (χ0v) is 13.1. The number of aromatic nitrogens is 1. The number of hydrogen-bond donors (Lipinski definition) is 0. The van der Waals surface area contributed by atoms with Crippen LogP contribution in [0.2, 0.25) is 0 Å². The van der Waals surface area contributed by atoms with Crippen molar-refractivity contribution in [2.45, 2.75) is 52.5 Å². The van der Waals surface area contributed by atoms with Crippen molar-refractivity contribution in [2.75, 3.05) is 11.9 Å². The quantitative estimate of drug-likeness (QED) is 0.735. The van der Waals surface area contributed by atoms with Crippen LogP contribution in [-0.2, 0) is 5.88 Å². The Balaban J connectivity index is 3.11. The van der Waals surface area contributed by atoms with Crippen LogP contribution in [0.15, 0.2) is 12.1 Å². The highest BCUT2D eigenvalue weighted by Crippen LogP contribution is 2.23. The van der Waals surface area contributed by atoms with Crippen molar-refractivity contribution in [2.24, 2.45) is 5.92 Å². The van der Waals surface area contributed by atoms with Crippen molar-refractivity contribution in [3.63, 3.8) is 0 Å². The van der Waals surface area contributed by atoms with Crippen LogP contribution < -0.4 is 4.90 Å². The van der Waals surface area contributed by atoms with Gasteiger partial charge in [-0.1, -0.05) is 27.7 Å². The molecule has 3 heteroatoms. The fourth-order valence-corrected chi connectivity index (χ4v) is 1.96. The molecule has 1 aromatic rings. The third kappa shape index (κ3) is 3.61. The summed E-state index contributed by atoms with van der Waals surface area (Å²) in [7, 11) is 2.11. The van der Waals surface area contributed by atoms with E-state index in [-0.39, 0.29) is 0 Å². The number of alkyl halides is 1. The Labute approximate surface area is 116 Å². The van der Waals surface area contributed by atoms with Gasteiger partial charge in [-0.2, -0.15) is 0 Å². The maximum Gasteiger partial charge on any atom is 0.129 e. The van der Waals surface area contributed by atoms with Crippen molar-refractivity contribution in [3.05, 3.63) is 23.4 Å². The lowest BCUT2D eigenvalue weighted by Gasteiger charge is -2.29. The molecule has 0 aliphatic heterocycles. The summed E-state index contributed by atoms with van der Waals surface area (Å²) in [6.07, 6.45) is 0. The normalized spacial score (nSPS) is 13.2. The van der Waals surface area contributed by atoms with Crippen molar-refractivity contribution in [1.29, 1.82) is 0 Å². The van der Waals surface area contributed by atoms with E-state index in [9.17, 15) is 0 Å². The Bertz CT molecular complexity index is 388. The first kappa shape index (κ1) is 15.3. The van der Waals surface area contributed by atoms with Crippen LogP contribution in [-0.4, -0.2) is 18.1 Å². The molecule has 0 aliphatic carbocycles. The minimum atomic E-state index is 0.426. The van der Waals surface area contributed by atoms with Gasteiger partial charge in [-0.05, 0) is 36.5 Å². The largest absolute Gasteiger partial charge is 0.357 e. The smallest absolute Gasteiger partial charge is 0.129 e. The van der Waals surface area contributed by atoms with Gasteiger partial charge in [0, 0.05) is 24.7 Å². The molecule has 0 N–H and O–H groups in total. The van der Waals surface area contributed by atoms with Crippen molar-refractivity contribution in [1.82, 2.24) is 4.98 Å². The summed E-state index contributed by atoms with van der Waals surface area (Å²) >= 11 is 5.98. The zero-order valence-electron chi connectivity index (χ0n) is 12.4. The molecule has 1 heterocycles. The van der Waals surface area contributed by atoms with Gasteiger partial charge in [-0.3, -0.25) is 0 Å². The first-order chi connectivity index (χ1) is 8.36. The number of pyridine rings is 1. The maximum absolute atomic E-state index is 5.98. The van der Waals surface area contributed by atoms with E-state index in [2.05, 4.69) is 58.7 Å². The highest BCUT2D eigenvalue weighted by molar-refractivity contribution is 6.17. The van der Waals surface area contributed by atoms with Crippen LogP contribution in [0.4, 0.5) is 5.82 Å². The fourth-order valence-electron chi connectivity index (χ4n) is 1.80. The third-order valence-electron chi connectivity index (χ3n) is 3.57. The predicted molar refractivity (Wildman–Crippen MR) is 80.6 cm³/mol. The molecule has 2 nitrogen and oxygen atoms in total. The number of hydrogen-bond acceptors (Lipinski definition) is 2. The molecule has 0 bridgehead atoms. The molecule has 1 aromatic heterocycles. The SMILES string of the molecule is CC(C)c1cc(CCl)cc(N(C)C(C)C(C)C)n1. The van der Waals surface area contributed by atoms with Crippen LogP contribution >= 0.6 is 11.6 Å². The molecular formula is C15H25ClN2. The maximum atomic E-state index is 5.98. The van der Waals surface area contributed by atoms with E-state index in [0.717, 1.165) is 17.1 Å². The molecular weight excluding hydrogens is 244 g/mol. The van der Waals surface area contributed by atoms with E-state index in [1.165, 1.54) is 0 Å². The molecule has 0 aliphatic rings. The predicted octanol–water partition coefficient (Wildman–Crippen LogP) is 4.42.